The van der Waals surface area contributed by atoms with Gasteiger partial charge in [0.2, 0.25) is 0 Å². The second-order valence-electron chi connectivity index (χ2n) is 5.42. The van der Waals surface area contributed by atoms with Crippen LogP contribution in [0.5, 0.6) is 0 Å². The van der Waals surface area contributed by atoms with E-state index in [0.29, 0.717) is 0 Å². The number of aliphatic hydroxyl groups is 1. The highest BCUT2D eigenvalue weighted by molar-refractivity contribution is 5.27. The molecule has 4 heteroatoms. The summed E-state index contributed by atoms with van der Waals surface area (Å²) in [6, 6.07) is 8.02. The Hall–Kier alpha value is -1.65. The molecule has 0 fully saturated rings. The minimum absolute atomic E-state index is 0.396. The standard InChI is InChI=1S/C16H23N3O/c1-13-6-4-5-7-15(13)16(20)8-9-18(2)11-14-10-17-19(3)12-14/h4-7,10,12,16,20H,8-9,11H2,1-3H3. The molecular formula is C16H23N3O. The monoisotopic (exact) mass is 273 g/mol. The zero-order chi connectivity index (χ0) is 14.5. The summed E-state index contributed by atoms with van der Waals surface area (Å²) in [5.74, 6) is 0. The Balaban J connectivity index is 1.84. The lowest BCUT2D eigenvalue weighted by Crippen LogP contribution is -2.21. The second kappa shape index (κ2) is 6.68. The van der Waals surface area contributed by atoms with E-state index in [2.05, 4.69) is 17.0 Å². The van der Waals surface area contributed by atoms with E-state index in [4.69, 9.17) is 0 Å². The van der Waals surface area contributed by atoms with Gasteiger partial charge < -0.3 is 10.0 Å². The second-order valence-corrected chi connectivity index (χ2v) is 5.42. The fraction of sp³-hybridized carbons (Fsp3) is 0.438. The number of aromatic nitrogens is 2. The SMILES string of the molecule is Cc1ccccc1C(O)CCN(C)Cc1cnn(C)c1. The molecule has 1 atom stereocenters. The van der Waals surface area contributed by atoms with Gasteiger partial charge in [0.15, 0.2) is 0 Å². The molecule has 20 heavy (non-hydrogen) atoms. The smallest absolute Gasteiger partial charge is 0.0804 e. The Morgan fingerprint density at radius 2 is 2.10 bits per heavy atom. The molecule has 1 aromatic carbocycles. The van der Waals surface area contributed by atoms with Crippen LogP contribution in [0.15, 0.2) is 36.7 Å². The molecule has 108 valence electrons. The molecule has 0 saturated heterocycles. The Morgan fingerprint density at radius 1 is 1.35 bits per heavy atom. The Kier molecular flexibility index (Phi) is 4.93. The molecule has 0 bridgehead atoms. The number of aryl methyl sites for hydroxylation is 2. The van der Waals surface area contributed by atoms with Crippen LogP contribution in [-0.2, 0) is 13.6 Å². The van der Waals surface area contributed by atoms with E-state index >= 15 is 0 Å². The van der Waals surface area contributed by atoms with Gasteiger partial charge in [-0.3, -0.25) is 4.68 Å². The number of nitrogens with zero attached hydrogens (tertiary/aromatic N) is 3. The lowest BCUT2D eigenvalue weighted by Gasteiger charge is -2.19. The number of hydrogen-bond donors (Lipinski definition) is 1. The number of hydrogen-bond acceptors (Lipinski definition) is 3. The first kappa shape index (κ1) is 14.8. The molecule has 1 heterocycles. The predicted octanol–water partition coefficient (Wildman–Crippen LogP) is 2.28. The first-order chi connectivity index (χ1) is 9.56. The fourth-order valence-electron chi connectivity index (χ4n) is 2.40. The molecule has 4 nitrogen and oxygen atoms in total. The lowest BCUT2D eigenvalue weighted by molar-refractivity contribution is 0.147. The van der Waals surface area contributed by atoms with Gasteiger partial charge >= 0.3 is 0 Å². The van der Waals surface area contributed by atoms with Crippen molar-refractivity contribution in [1.29, 1.82) is 0 Å². The van der Waals surface area contributed by atoms with Crippen LogP contribution in [0.25, 0.3) is 0 Å². The van der Waals surface area contributed by atoms with Crippen LogP contribution in [0.2, 0.25) is 0 Å². The first-order valence-electron chi connectivity index (χ1n) is 6.96. The van der Waals surface area contributed by atoms with E-state index in [1.54, 1.807) is 0 Å². The summed E-state index contributed by atoms with van der Waals surface area (Å²) in [5, 5.41) is 14.4. The molecule has 1 unspecified atom stereocenters. The maximum Gasteiger partial charge on any atom is 0.0804 e. The molecule has 2 aromatic rings. The average Bonchev–Trinajstić information content (AvgIpc) is 2.82. The maximum absolute atomic E-state index is 10.3. The molecule has 0 aliphatic heterocycles. The van der Waals surface area contributed by atoms with Crippen molar-refractivity contribution in [3.63, 3.8) is 0 Å². The third-order valence-corrected chi connectivity index (χ3v) is 3.54. The zero-order valence-corrected chi connectivity index (χ0v) is 12.5. The van der Waals surface area contributed by atoms with Crippen LogP contribution in [0.3, 0.4) is 0 Å². The minimum Gasteiger partial charge on any atom is -0.388 e. The van der Waals surface area contributed by atoms with Crippen molar-refractivity contribution in [2.75, 3.05) is 13.6 Å². The highest BCUT2D eigenvalue weighted by Gasteiger charge is 2.11. The van der Waals surface area contributed by atoms with Gasteiger partial charge in [-0.2, -0.15) is 5.10 Å². The molecule has 0 aliphatic rings. The van der Waals surface area contributed by atoms with Gasteiger partial charge in [0.1, 0.15) is 0 Å². The van der Waals surface area contributed by atoms with E-state index in [9.17, 15) is 5.11 Å². The summed E-state index contributed by atoms with van der Waals surface area (Å²) >= 11 is 0. The van der Waals surface area contributed by atoms with Gasteiger partial charge in [-0.15, -0.1) is 0 Å². The van der Waals surface area contributed by atoms with Crippen molar-refractivity contribution in [2.45, 2.75) is 26.0 Å². The van der Waals surface area contributed by atoms with Gasteiger partial charge in [-0.05, 0) is 31.5 Å². The molecular weight excluding hydrogens is 250 g/mol. The van der Waals surface area contributed by atoms with Crippen LogP contribution < -0.4 is 0 Å². The van der Waals surface area contributed by atoms with Gasteiger partial charge in [0.25, 0.3) is 0 Å². The number of rotatable bonds is 6. The van der Waals surface area contributed by atoms with Gasteiger partial charge in [0.05, 0.1) is 12.3 Å². The summed E-state index contributed by atoms with van der Waals surface area (Å²) in [6.45, 7) is 3.75. The Labute approximate surface area is 120 Å². The van der Waals surface area contributed by atoms with Crippen molar-refractivity contribution in [1.82, 2.24) is 14.7 Å². The van der Waals surface area contributed by atoms with E-state index in [-0.39, 0.29) is 0 Å². The summed E-state index contributed by atoms with van der Waals surface area (Å²) < 4.78 is 1.81. The van der Waals surface area contributed by atoms with Crippen molar-refractivity contribution in [3.05, 3.63) is 53.3 Å². The predicted molar refractivity (Wildman–Crippen MR) is 80.3 cm³/mol. The van der Waals surface area contributed by atoms with Gasteiger partial charge in [-0.25, -0.2) is 0 Å². The first-order valence-corrected chi connectivity index (χ1v) is 6.96. The van der Waals surface area contributed by atoms with Crippen molar-refractivity contribution >= 4 is 0 Å². The molecule has 0 spiro atoms. The van der Waals surface area contributed by atoms with E-state index in [1.165, 1.54) is 5.56 Å². The molecule has 0 aliphatic carbocycles. The van der Waals surface area contributed by atoms with Crippen LogP contribution in [-0.4, -0.2) is 33.4 Å². The van der Waals surface area contributed by atoms with Gasteiger partial charge in [0, 0.05) is 31.9 Å². The maximum atomic E-state index is 10.3. The van der Waals surface area contributed by atoms with Gasteiger partial charge in [-0.1, -0.05) is 24.3 Å². The average molecular weight is 273 g/mol. The largest absolute Gasteiger partial charge is 0.388 e. The summed E-state index contributed by atoms with van der Waals surface area (Å²) in [6.07, 6.45) is 4.25. The minimum atomic E-state index is -0.396. The highest BCUT2D eigenvalue weighted by Crippen LogP contribution is 2.20. The molecule has 1 N–H and O–H groups in total. The Bertz CT molecular complexity index is 550. The molecule has 0 saturated carbocycles. The van der Waals surface area contributed by atoms with Crippen molar-refractivity contribution in [3.8, 4) is 0 Å². The highest BCUT2D eigenvalue weighted by atomic mass is 16.3. The summed E-state index contributed by atoms with van der Waals surface area (Å²) in [4.78, 5) is 2.21. The third kappa shape index (κ3) is 3.92. The summed E-state index contributed by atoms with van der Waals surface area (Å²) in [7, 11) is 3.99. The molecule has 0 radical (unpaired) electrons. The normalized spacial score (nSPS) is 12.8. The van der Waals surface area contributed by atoms with Crippen LogP contribution >= 0.6 is 0 Å². The van der Waals surface area contributed by atoms with Crippen molar-refractivity contribution in [2.24, 2.45) is 7.05 Å². The Morgan fingerprint density at radius 3 is 2.75 bits per heavy atom. The summed E-state index contributed by atoms with van der Waals surface area (Å²) in [5.41, 5.74) is 3.37. The van der Waals surface area contributed by atoms with Crippen molar-refractivity contribution < 1.29 is 5.11 Å². The molecule has 0 amide bonds. The number of aliphatic hydroxyl groups excluding tert-OH is 1. The zero-order valence-electron chi connectivity index (χ0n) is 12.5. The molecule has 2 rings (SSSR count). The number of benzene rings is 1. The van der Waals surface area contributed by atoms with E-state index in [1.807, 2.05) is 55.3 Å². The van der Waals surface area contributed by atoms with Crippen LogP contribution in [0, 0.1) is 6.92 Å². The topological polar surface area (TPSA) is 41.3 Å². The van der Waals surface area contributed by atoms with Crippen LogP contribution in [0.1, 0.15) is 29.2 Å². The van der Waals surface area contributed by atoms with Crippen LogP contribution in [0.4, 0.5) is 0 Å². The lowest BCUT2D eigenvalue weighted by atomic mass is 10.0. The van der Waals surface area contributed by atoms with E-state index < -0.39 is 6.10 Å². The quantitative estimate of drug-likeness (QED) is 0.878. The molecule has 1 aromatic heterocycles. The van der Waals surface area contributed by atoms with E-state index in [0.717, 1.165) is 30.6 Å². The fourth-order valence-corrected chi connectivity index (χ4v) is 2.40. The third-order valence-electron chi connectivity index (χ3n) is 3.54.